The highest BCUT2D eigenvalue weighted by molar-refractivity contribution is 6.35. The van der Waals surface area contributed by atoms with Gasteiger partial charge < -0.3 is 10.1 Å². The highest BCUT2D eigenvalue weighted by Gasteiger charge is 2.30. The smallest absolute Gasteiger partial charge is 0.227 e. The van der Waals surface area contributed by atoms with Gasteiger partial charge in [-0.1, -0.05) is 70.7 Å². The Balaban J connectivity index is 1.54. The summed E-state index contributed by atoms with van der Waals surface area (Å²) in [6.45, 7) is 3.01. The summed E-state index contributed by atoms with van der Waals surface area (Å²) in [5.41, 5.74) is 4.09. The first-order chi connectivity index (χ1) is 14.5. The van der Waals surface area contributed by atoms with Crippen LogP contribution in [0.15, 0.2) is 71.8 Å². The molecule has 0 radical (unpaired) electrons. The van der Waals surface area contributed by atoms with Crippen molar-refractivity contribution in [2.24, 2.45) is 5.10 Å². The van der Waals surface area contributed by atoms with Crippen molar-refractivity contribution in [1.29, 1.82) is 0 Å². The fourth-order valence-electron chi connectivity index (χ4n) is 3.15. The van der Waals surface area contributed by atoms with Crippen LogP contribution >= 0.6 is 34.8 Å². The first-order valence-corrected chi connectivity index (χ1v) is 10.6. The second-order valence-corrected chi connectivity index (χ2v) is 8.35. The van der Waals surface area contributed by atoms with E-state index in [2.05, 4.69) is 24.4 Å². The monoisotopic (exact) mass is 459 g/mol. The molecule has 4 rings (SSSR count). The van der Waals surface area contributed by atoms with Crippen molar-refractivity contribution in [3.05, 3.63) is 98.5 Å². The second kappa shape index (κ2) is 9.17. The van der Waals surface area contributed by atoms with Crippen LogP contribution in [-0.2, 0) is 11.3 Å². The molecule has 4 nitrogen and oxygen atoms in total. The SMILES string of the molecule is Cc1ccc(NCC2=NN(Cc3ccc(Cl)cc3Cl)C(c3ccc(Cl)cc3)O2)cc1. The van der Waals surface area contributed by atoms with Gasteiger partial charge in [0, 0.05) is 26.3 Å². The van der Waals surface area contributed by atoms with E-state index in [9.17, 15) is 0 Å². The fourth-order valence-corrected chi connectivity index (χ4v) is 3.74. The van der Waals surface area contributed by atoms with Crippen LogP contribution in [0.1, 0.15) is 22.9 Å². The van der Waals surface area contributed by atoms with Gasteiger partial charge in [-0.2, -0.15) is 0 Å². The van der Waals surface area contributed by atoms with Gasteiger partial charge in [-0.3, -0.25) is 0 Å². The number of benzene rings is 3. The first-order valence-electron chi connectivity index (χ1n) is 9.48. The number of hydrazone groups is 1. The molecule has 3 aromatic rings. The van der Waals surface area contributed by atoms with Crippen LogP contribution in [0.25, 0.3) is 0 Å². The van der Waals surface area contributed by atoms with E-state index >= 15 is 0 Å². The molecule has 1 N–H and O–H groups in total. The van der Waals surface area contributed by atoms with E-state index in [-0.39, 0.29) is 6.23 Å². The average molecular weight is 461 g/mol. The Labute approximate surface area is 191 Å². The van der Waals surface area contributed by atoms with E-state index < -0.39 is 0 Å². The molecule has 0 aliphatic carbocycles. The molecular weight excluding hydrogens is 441 g/mol. The minimum Gasteiger partial charge on any atom is -0.448 e. The summed E-state index contributed by atoms with van der Waals surface area (Å²) in [5.74, 6) is 0.598. The van der Waals surface area contributed by atoms with Crippen molar-refractivity contribution < 1.29 is 4.74 Å². The molecular formula is C23H20Cl3N3O. The van der Waals surface area contributed by atoms with Crippen LogP contribution in [0.2, 0.25) is 15.1 Å². The molecule has 1 atom stereocenters. The van der Waals surface area contributed by atoms with Crippen LogP contribution in [0, 0.1) is 6.92 Å². The third kappa shape index (κ3) is 5.01. The summed E-state index contributed by atoms with van der Waals surface area (Å²) < 4.78 is 6.18. The number of rotatable bonds is 6. The van der Waals surface area contributed by atoms with Crippen LogP contribution in [-0.4, -0.2) is 17.5 Å². The summed E-state index contributed by atoms with van der Waals surface area (Å²) in [6, 6.07) is 21.2. The molecule has 1 aliphatic rings. The minimum atomic E-state index is -0.371. The number of anilines is 1. The second-order valence-electron chi connectivity index (χ2n) is 7.07. The van der Waals surface area contributed by atoms with Crippen LogP contribution < -0.4 is 5.32 Å². The van der Waals surface area contributed by atoms with Gasteiger partial charge in [0.15, 0.2) is 0 Å². The summed E-state index contributed by atoms with van der Waals surface area (Å²) >= 11 is 18.5. The number of ether oxygens (including phenoxy) is 1. The maximum Gasteiger partial charge on any atom is 0.227 e. The Kier molecular flexibility index (Phi) is 6.38. The molecule has 0 aromatic heterocycles. The van der Waals surface area contributed by atoms with E-state index in [1.807, 2.05) is 53.5 Å². The van der Waals surface area contributed by atoms with Crippen LogP contribution in [0.5, 0.6) is 0 Å². The zero-order valence-corrected chi connectivity index (χ0v) is 18.5. The van der Waals surface area contributed by atoms with E-state index in [1.165, 1.54) is 5.56 Å². The molecule has 0 saturated carbocycles. The third-order valence-corrected chi connectivity index (χ3v) is 5.60. The van der Waals surface area contributed by atoms with Crippen LogP contribution in [0.3, 0.4) is 0 Å². The summed E-state index contributed by atoms with van der Waals surface area (Å²) in [7, 11) is 0. The van der Waals surface area contributed by atoms with E-state index in [4.69, 9.17) is 44.6 Å². The van der Waals surface area contributed by atoms with E-state index in [1.54, 1.807) is 6.07 Å². The van der Waals surface area contributed by atoms with Gasteiger partial charge in [-0.25, -0.2) is 5.01 Å². The summed E-state index contributed by atoms with van der Waals surface area (Å²) in [5, 5.41) is 11.8. The number of hydrogen-bond donors (Lipinski definition) is 1. The highest BCUT2D eigenvalue weighted by atomic mass is 35.5. The van der Waals surface area contributed by atoms with Crippen LogP contribution in [0.4, 0.5) is 5.69 Å². The fraction of sp³-hybridized carbons (Fsp3) is 0.174. The number of hydrogen-bond acceptors (Lipinski definition) is 4. The molecule has 0 bridgehead atoms. The standard InChI is InChI=1S/C23H20Cl3N3O/c1-15-2-10-20(11-3-15)27-13-22-28-29(14-17-6-9-19(25)12-21(17)26)23(30-22)16-4-7-18(24)8-5-16/h2-12,23,27H,13-14H2,1H3. The number of nitrogens with zero attached hydrogens (tertiary/aromatic N) is 2. The number of halogens is 3. The van der Waals surface area contributed by atoms with Gasteiger partial charge in [0.25, 0.3) is 0 Å². The molecule has 0 amide bonds. The van der Waals surface area contributed by atoms with E-state index in [0.717, 1.165) is 16.8 Å². The van der Waals surface area contributed by atoms with Gasteiger partial charge in [-0.15, -0.1) is 5.10 Å². The number of aryl methyl sites for hydroxylation is 1. The Hall–Kier alpha value is -2.40. The third-order valence-electron chi connectivity index (χ3n) is 4.76. The molecule has 0 spiro atoms. The lowest BCUT2D eigenvalue weighted by Crippen LogP contribution is -2.21. The molecule has 30 heavy (non-hydrogen) atoms. The maximum atomic E-state index is 6.38. The minimum absolute atomic E-state index is 0.371. The number of nitrogens with one attached hydrogen (secondary N) is 1. The zero-order chi connectivity index (χ0) is 21.1. The van der Waals surface area contributed by atoms with Gasteiger partial charge in [-0.05, 0) is 48.9 Å². The Morgan fingerprint density at radius 1 is 0.933 bits per heavy atom. The largest absolute Gasteiger partial charge is 0.448 e. The lowest BCUT2D eigenvalue weighted by Gasteiger charge is -2.23. The van der Waals surface area contributed by atoms with E-state index in [0.29, 0.717) is 34.1 Å². The van der Waals surface area contributed by atoms with Gasteiger partial charge in [0.1, 0.15) is 0 Å². The molecule has 1 heterocycles. The lowest BCUT2D eigenvalue weighted by molar-refractivity contribution is 0.0493. The summed E-state index contributed by atoms with van der Waals surface area (Å²) in [4.78, 5) is 0. The molecule has 1 aliphatic heterocycles. The van der Waals surface area contributed by atoms with Crippen molar-refractivity contribution in [3.63, 3.8) is 0 Å². The normalized spacial score (nSPS) is 15.7. The average Bonchev–Trinajstić information content (AvgIpc) is 3.13. The van der Waals surface area contributed by atoms with Crippen molar-refractivity contribution in [2.45, 2.75) is 19.7 Å². The molecule has 154 valence electrons. The maximum absolute atomic E-state index is 6.38. The predicted octanol–water partition coefficient (Wildman–Crippen LogP) is 6.91. The molecule has 1 unspecified atom stereocenters. The lowest BCUT2D eigenvalue weighted by atomic mass is 10.1. The molecule has 3 aromatic carbocycles. The van der Waals surface area contributed by atoms with Gasteiger partial charge >= 0.3 is 0 Å². The molecule has 0 fully saturated rings. The van der Waals surface area contributed by atoms with Gasteiger partial charge in [0.05, 0.1) is 13.1 Å². The zero-order valence-electron chi connectivity index (χ0n) is 16.3. The Morgan fingerprint density at radius 3 is 2.33 bits per heavy atom. The quantitative estimate of drug-likeness (QED) is 0.434. The Bertz CT molecular complexity index is 1050. The van der Waals surface area contributed by atoms with Crippen molar-refractivity contribution in [2.75, 3.05) is 11.9 Å². The Morgan fingerprint density at radius 2 is 1.63 bits per heavy atom. The molecule has 0 saturated heterocycles. The van der Waals surface area contributed by atoms with Crippen molar-refractivity contribution >= 4 is 46.4 Å². The molecule has 7 heteroatoms. The van der Waals surface area contributed by atoms with Gasteiger partial charge in [0.2, 0.25) is 12.1 Å². The summed E-state index contributed by atoms with van der Waals surface area (Å²) in [6.07, 6.45) is -0.371. The van der Waals surface area contributed by atoms with Crippen molar-refractivity contribution in [3.8, 4) is 0 Å². The topological polar surface area (TPSA) is 36.9 Å². The highest BCUT2D eigenvalue weighted by Crippen LogP contribution is 2.32. The first kappa shape index (κ1) is 20.9. The van der Waals surface area contributed by atoms with Crippen molar-refractivity contribution in [1.82, 2.24) is 5.01 Å². The predicted molar refractivity (Wildman–Crippen MR) is 124 cm³/mol.